The van der Waals surface area contributed by atoms with Crippen LogP contribution in [0, 0.1) is 0 Å². The third kappa shape index (κ3) is 3.52. The van der Waals surface area contributed by atoms with Crippen LogP contribution in [0.1, 0.15) is 5.56 Å². The number of aromatic amines is 1. The van der Waals surface area contributed by atoms with Gasteiger partial charge < -0.3 is 14.4 Å². The molecule has 1 fully saturated rings. The Bertz CT molecular complexity index is 1050. The second-order valence-electron chi connectivity index (χ2n) is 6.59. The Labute approximate surface area is 167 Å². The number of hydrogen-bond donors (Lipinski definition) is 1. The molecule has 0 saturated carbocycles. The molecule has 2 heterocycles. The highest BCUT2D eigenvalue weighted by molar-refractivity contribution is 6.19. The number of rotatable bonds is 6. The molecular formula is C21H20N4O4. The van der Waals surface area contributed by atoms with E-state index in [0.717, 1.165) is 16.7 Å². The van der Waals surface area contributed by atoms with Crippen molar-refractivity contribution in [2.24, 2.45) is 0 Å². The first-order valence-corrected chi connectivity index (χ1v) is 9.02. The van der Waals surface area contributed by atoms with Crippen LogP contribution < -0.4 is 14.4 Å². The Morgan fingerprint density at radius 1 is 1.10 bits per heavy atom. The fourth-order valence-corrected chi connectivity index (χ4v) is 3.37. The van der Waals surface area contributed by atoms with Gasteiger partial charge in [0.2, 0.25) is 0 Å². The first-order chi connectivity index (χ1) is 14.1. The largest absolute Gasteiger partial charge is 0.497 e. The maximum atomic E-state index is 12.9. The summed E-state index contributed by atoms with van der Waals surface area (Å²) in [5.41, 5.74) is 3.03. The molecule has 0 radical (unpaired) electrons. The van der Waals surface area contributed by atoms with Crippen LogP contribution in [-0.4, -0.2) is 47.8 Å². The summed E-state index contributed by atoms with van der Waals surface area (Å²) in [4.78, 5) is 28.2. The number of benzene rings is 2. The third-order valence-corrected chi connectivity index (χ3v) is 4.80. The summed E-state index contributed by atoms with van der Waals surface area (Å²) in [7, 11) is 3.14. The van der Waals surface area contributed by atoms with E-state index >= 15 is 0 Å². The number of ether oxygens (including phenoxy) is 2. The quantitative estimate of drug-likeness (QED) is 0.652. The number of carbonyl (C=O) groups excluding carboxylic acids is 2. The zero-order chi connectivity index (χ0) is 20.4. The Morgan fingerprint density at radius 2 is 1.97 bits per heavy atom. The topological polar surface area (TPSA) is 87.8 Å². The number of aromatic nitrogens is 2. The average Bonchev–Trinajstić information content (AvgIpc) is 3.36. The fraction of sp³-hybridized carbons (Fsp3) is 0.190. The highest BCUT2D eigenvalue weighted by Gasteiger charge is 2.37. The van der Waals surface area contributed by atoms with E-state index in [4.69, 9.17) is 9.47 Å². The maximum Gasteiger partial charge on any atom is 0.332 e. The van der Waals surface area contributed by atoms with E-state index in [1.54, 1.807) is 38.7 Å². The van der Waals surface area contributed by atoms with E-state index in [1.165, 1.54) is 9.80 Å². The smallest absolute Gasteiger partial charge is 0.332 e. The monoisotopic (exact) mass is 392 g/mol. The van der Waals surface area contributed by atoms with Crippen molar-refractivity contribution >= 4 is 17.6 Å². The number of urea groups is 1. The molecule has 4 rings (SSSR count). The predicted molar refractivity (Wildman–Crippen MR) is 107 cm³/mol. The van der Waals surface area contributed by atoms with Crippen molar-refractivity contribution < 1.29 is 19.1 Å². The normalized spacial score (nSPS) is 13.9. The fourth-order valence-electron chi connectivity index (χ4n) is 3.37. The lowest BCUT2D eigenvalue weighted by atomic mass is 10.1. The summed E-state index contributed by atoms with van der Waals surface area (Å²) in [6.07, 6.45) is 3.43. The van der Waals surface area contributed by atoms with Gasteiger partial charge in [-0.25, -0.2) is 9.69 Å². The molecule has 0 aliphatic carbocycles. The first kappa shape index (κ1) is 18.5. The van der Waals surface area contributed by atoms with Crippen LogP contribution in [0.15, 0.2) is 54.9 Å². The van der Waals surface area contributed by atoms with Crippen LogP contribution >= 0.6 is 0 Å². The average molecular weight is 392 g/mol. The molecule has 1 aliphatic heterocycles. The van der Waals surface area contributed by atoms with Crippen LogP contribution in [0.3, 0.4) is 0 Å². The van der Waals surface area contributed by atoms with Crippen LogP contribution in [0.5, 0.6) is 11.5 Å². The Balaban J connectivity index is 1.59. The van der Waals surface area contributed by atoms with E-state index < -0.39 is 0 Å². The number of hydrogen-bond acceptors (Lipinski definition) is 5. The molecule has 0 spiro atoms. The van der Waals surface area contributed by atoms with Gasteiger partial charge in [0.25, 0.3) is 5.91 Å². The van der Waals surface area contributed by atoms with Crippen LogP contribution in [0.25, 0.3) is 11.1 Å². The molecule has 0 atom stereocenters. The second kappa shape index (κ2) is 7.67. The second-order valence-corrected chi connectivity index (χ2v) is 6.59. The molecule has 1 N–H and O–H groups in total. The molecular weight excluding hydrogens is 372 g/mol. The Kier molecular flexibility index (Phi) is 4.90. The summed E-state index contributed by atoms with van der Waals surface area (Å²) in [5, 5.41) is 6.71. The zero-order valence-electron chi connectivity index (χ0n) is 16.1. The van der Waals surface area contributed by atoms with Gasteiger partial charge in [-0.05, 0) is 29.8 Å². The number of methoxy groups -OCH3 is 2. The summed E-state index contributed by atoms with van der Waals surface area (Å²) >= 11 is 0. The molecule has 3 aromatic rings. The van der Waals surface area contributed by atoms with Gasteiger partial charge in [-0.2, -0.15) is 5.10 Å². The molecule has 2 aromatic carbocycles. The molecule has 1 aliphatic rings. The first-order valence-electron chi connectivity index (χ1n) is 9.02. The predicted octanol–water partition coefficient (Wildman–Crippen LogP) is 3.06. The third-order valence-electron chi connectivity index (χ3n) is 4.80. The van der Waals surface area contributed by atoms with Crippen LogP contribution in [0.4, 0.5) is 10.5 Å². The Hall–Kier alpha value is -3.81. The molecule has 1 aromatic heterocycles. The highest BCUT2D eigenvalue weighted by atomic mass is 16.5. The van der Waals surface area contributed by atoms with Crippen molar-refractivity contribution in [3.8, 4) is 22.6 Å². The summed E-state index contributed by atoms with van der Waals surface area (Å²) < 4.78 is 10.7. The lowest BCUT2D eigenvalue weighted by Crippen LogP contribution is -2.32. The number of nitrogens with zero attached hydrogens (tertiary/aromatic N) is 3. The van der Waals surface area contributed by atoms with E-state index in [-0.39, 0.29) is 18.5 Å². The minimum Gasteiger partial charge on any atom is -0.497 e. The van der Waals surface area contributed by atoms with Crippen molar-refractivity contribution in [1.29, 1.82) is 0 Å². The molecule has 0 bridgehead atoms. The van der Waals surface area contributed by atoms with Gasteiger partial charge in [-0.3, -0.25) is 9.89 Å². The molecule has 148 valence electrons. The van der Waals surface area contributed by atoms with Crippen molar-refractivity contribution in [2.45, 2.75) is 6.54 Å². The summed E-state index contributed by atoms with van der Waals surface area (Å²) in [6, 6.07) is 12.3. The van der Waals surface area contributed by atoms with Gasteiger partial charge >= 0.3 is 6.03 Å². The maximum absolute atomic E-state index is 12.9. The summed E-state index contributed by atoms with van der Waals surface area (Å²) in [6.45, 7) is 0.338. The lowest BCUT2D eigenvalue weighted by Gasteiger charge is -2.18. The van der Waals surface area contributed by atoms with Crippen molar-refractivity contribution in [2.75, 3.05) is 25.7 Å². The van der Waals surface area contributed by atoms with E-state index in [1.807, 2.05) is 30.3 Å². The van der Waals surface area contributed by atoms with Crippen molar-refractivity contribution in [3.05, 3.63) is 60.4 Å². The number of amides is 3. The van der Waals surface area contributed by atoms with Crippen LogP contribution in [-0.2, 0) is 11.3 Å². The molecule has 8 nitrogen and oxygen atoms in total. The minimum absolute atomic E-state index is 0.0157. The number of nitrogens with one attached hydrogen (secondary N) is 1. The van der Waals surface area contributed by atoms with Crippen molar-refractivity contribution in [1.82, 2.24) is 15.1 Å². The number of carbonyl (C=O) groups is 2. The van der Waals surface area contributed by atoms with E-state index in [9.17, 15) is 9.59 Å². The Morgan fingerprint density at radius 3 is 2.69 bits per heavy atom. The van der Waals surface area contributed by atoms with Gasteiger partial charge in [0.15, 0.2) is 0 Å². The van der Waals surface area contributed by atoms with Crippen molar-refractivity contribution in [3.63, 3.8) is 0 Å². The number of H-pyrrole nitrogens is 1. The summed E-state index contributed by atoms with van der Waals surface area (Å²) in [5.74, 6) is 0.976. The molecule has 0 unspecified atom stereocenters. The number of imide groups is 1. The van der Waals surface area contributed by atoms with Gasteiger partial charge in [0.05, 0.1) is 26.1 Å². The van der Waals surface area contributed by atoms with E-state index in [0.29, 0.717) is 23.7 Å². The van der Waals surface area contributed by atoms with Crippen LogP contribution in [0.2, 0.25) is 0 Å². The molecule has 29 heavy (non-hydrogen) atoms. The molecule has 8 heteroatoms. The van der Waals surface area contributed by atoms with E-state index in [2.05, 4.69) is 10.2 Å². The molecule has 1 saturated heterocycles. The van der Waals surface area contributed by atoms with Gasteiger partial charge in [0.1, 0.15) is 18.0 Å². The SMILES string of the molecule is COc1cccc(CN2CC(=O)N(c3ccc(-c4cn[nH]c4)c(OC)c3)C2=O)c1. The van der Waals surface area contributed by atoms with Gasteiger partial charge in [-0.1, -0.05) is 12.1 Å². The zero-order valence-corrected chi connectivity index (χ0v) is 16.1. The molecule has 3 amide bonds. The lowest BCUT2D eigenvalue weighted by molar-refractivity contribution is -0.116. The van der Waals surface area contributed by atoms with Gasteiger partial charge in [-0.15, -0.1) is 0 Å². The number of anilines is 1. The van der Waals surface area contributed by atoms with Gasteiger partial charge in [0, 0.05) is 29.9 Å². The minimum atomic E-state index is -0.365. The standard InChI is InChI=1S/C21H20N4O4/c1-28-17-5-3-4-14(8-17)12-24-13-20(26)25(21(24)27)16-6-7-18(19(9-16)29-2)15-10-22-23-11-15/h3-11H,12-13H2,1-2H3,(H,22,23). The highest BCUT2D eigenvalue weighted by Crippen LogP contribution is 2.34.